The van der Waals surface area contributed by atoms with E-state index >= 15 is 0 Å². The first kappa shape index (κ1) is 26.5. The topological polar surface area (TPSA) is 54.5 Å². The number of nitrogens with zero attached hydrogens (tertiary/aromatic N) is 1. The number of halogens is 7. The number of anilines is 1. The van der Waals surface area contributed by atoms with E-state index in [9.17, 15) is 40.7 Å². The highest BCUT2D eigenvalue weighted by Gasteiger charge is 2.57. The van der Waals surface area contributed by atoms with E-state index in [0.29, 0.717) is 40.5 Å². The lowest BCUT2D eigenvalue weighted by atomic mass is 9.67. The number of hydrogen-bond acceptors (Lipinski definition) is 3. The molecule has 0 bridgehead atoms. The molecule has 200 valence electrons. The Morgan fingerprint density at radius 1 is 0.895 bits per heavy atom. The zero-order chi connectivity index (χ0) is 27.6. The standard InChI is InChI=1S/C27H20ClF6NO3/c28-18-6-4-13(5-7-18)21(36)9-15-8-14-2-1-3-20(14)23-22(15)24(37)35(25(23)38)19-11-16(26(29,30)31)10-17(12-19)27(32,33)34/h4-8,10-12,15,20,22-23H,1-3,9H2/t15-,20-,22?,23?/m1/s1. The van der Waals surface area contributed by atoms with Gasteiger partial charge in [-0.25, -0.2) is 4.90 Å². The van der Waals surface area contributed by atoms with Crippen LogP contribution in [-0.4, -0.2) is 17.6 Å². The Kier molecular flexibility index (Phi) is 6.44. The third-order valence-electron chi connectivity index (χ3n) is 7.60. The summed E-state index contributed by atoms with van der Waals surface area (Å²) in [6.07, 6.45) is -6.70. The van der Waals surface area contributed by atoms with Crippen LogP contribution in [0.4, 0.5) is 32.0 Å². The molecule has 0 aromatic heterocycles. The predicted octanol–water partition coefficient (Wildman–Crippen LogP) is 7.11. The van der Waals surface area contributed by atoms with Gasteiger partial charge in [0.25, 0.3) is 0 Å². The van der Waals surface area contributed by atoms with Crippen molar-refractivity contribution in [1.29, 1.82) is 0 Å². The summed E-state index contributed by atoms with van der Waals surface area (Å²) < 4.78 is 80.8. The molecule has 2 amide bonds. The lowest BCUT2D eigenvalue weighted by molar-refractivity contribution is -0.143. The Labute approximate surface area is 218 Å². The van der Waals surface area contributed by atoms with Crippen LogP contribution in [0, 0.1) is 23.7 Å². The minimum atomic E-state index is -5.14. The number of alkyl halides is 6. The number of benzene rings is 2. The van der Waals surface area contributed by atoms with E-state index in [0.717, 1.165) is 12.0 Å². The molecule has 2 aromatic rings. The molecule has 1 saturated heterocycles. The lowest BCUT2D eigenvalue weighted by Crippen LogP contribution is -2.35. The van der Waals surface area contributed by atoms with E-state index in [4.69, 9.17) is 11.6 Å². The normalized spacial score (nSPS) is 25.3. The van der Waals surface area contributed by atoms with Crippen molar-refractivity contribution in [2.75, 3.05) is 4.90 Å². The Morgan fingerprint density at radius 3 is 2.05 bits per heavy atom. The summed E-state index contributed by atoms with van der Waals surface area (Å²) in [7, 11) is 0. The minimum Gasteiger partial charge on any atom is -0.294 e. The predicted molar refractivity (Wildman–Crippen MR) is 125 cm³/mol. The zero-order valence-corrected chi connectivity index (χ0v) is 20.3. The number of fused-ring (bicyclic) bond motifs is 3. The summed E-state index contributed by atoms with van der Waals surface area (Å²) in [5, 5.41) is 0.418. The molecule has 38 heavy (non-hydrogen) atoms. The molecule has 1 heterocycles. The van der Waals surface area contributed by atoms with Crippen molar-refractivity contribution in [2.24, 2.45) is 23.7 Å². The molecule has 4 atom stereocenters. The minimum absolute atomic E-state index is 0.0498. The van der Waals surface area contributed by atoms with Gasteiger partial charge in [0.2, 0.25) is 11.8 Å². The molecular formula is C27H20ClF6NO3. The Balaban J connectivity index is 1.55. The van der Waals surface area contributed by atoms with Gasteiger partial charge >= 0.3 is 12.4 Å². The molecule has 0 radical (unpaired) electrons. The van der Waals surface area contributed by atoms with Crippen LogP contribution in [0.2, 0.25) is 5.02 Å². The third-order valence-corrected chi connectivity index (χ3v) is 7.85. The van der Waals surface area contributed by atoms with Gasteiger partial charge in [-0.1, -0.05) is 23.3 Å². The SMILES string of the molecule is O=C(C[C@H]1C=C2CCC[C@H]2C2C(=O)N(c3cc(C(F)(F)F)cc(C(F)(F)F)c3)C(=O)C21)c1ccc(Cl)cc1. The second-order valence-electron chi connectivity index (χ2n) is 9.87. The number of imide groups is 1. The van der Waals surface area contributed by atoms with E-state index in [2.05, 4.69) is 0 Å². The van der Waals surface area contributed by atoms with Crippen molar-refractivity contribution in [1.82, 2.24) is 0 Å². The van der Waals surface area contributed by atoms with Gasteiger partial charge in [-0.3, -0.25) is 14.4 Å². The molecule has 2 unspecified atom stereocenters. The average molecular weight is 556 g/mol. The van der Waals surface area contributed by atoms with Gasteiger partial charge < -0.3 is 0 Å². The first-order chi connectivity index (χ1) is 17.8. The van der Waals surface area contributed by atoms with Gasteiger partial charge in [-0.2, -0.15) is 26.3 Å². The van der Waals surface area contributed by atoms with E-state index in [1.165, 1.54) is 24.3 Å². The van der Waals surface area contributed by atoms with Crippen molar-refractivity contribution in [3.05, 3.63) is 75.8 Å². The molecule has 1 saturated carbocycles. The number of amides is 2. The maximum atomic E-state index is 13.6. The monoisotopic (exact) mass is 555 g/mol. The summed E-state index contributed by atoms with van der Waals surface area (Å²) in [6, 6.07) is 6.82. The third kappa shape index (κ3) is 4.63. The molecule has 5 rings (SSSR count). The Morgan fingerprint density at radius 2 is 1.47 bits per heavy atom. The van der Waals surface area contributed by atoms with Gasteiger partial charge in [0, 0.05) is 17.0 Å². The van der Waals surface area contributed by atoms with E-state index in [-0.39, 0.29) is 24.2 Å². The van der Waals surface area contributed by atoms with Crippen molar-refractivity contribution in [2.45, 2.75) is 38.0 Å². The number of allylic oxidation sites excluding steroid dienone is 2. The van der Waals surface area contributed by atoms with E-state index in [1.54, 1.807) is 6.08 Å². The highest BCUT2D eigenvalue weighted by atomic mass is 35.5. The number of carbonyl (C=O) groups is 3. The first-order valence-electron chi connectivity index (χ1n) is 11.9. The van der Waals surface area contributed by atoms with Gasteiger partial charge in [-0.05, 0) is 73.6 Å². The molecule has 2 aliphatic carbocycles. The summed E-state index contributed by atoms with van der Waals surface area (Å²) in [6.45, 7) is 0. The van der Waals surface area contributed by atoms with Crippen LogP contribution in [0.15, 0.2) is 54.1 Å². The number of carbonyl (C=O) groups excluding carboxylic acids is 3. The fraction of sp³-hybridized carbons (Fsp3) is 0.370. The van der Waals surface area contributed by atoms with E-state index in [1.807, 2.05) is 0 Å². The lowest BCUT2D eigenvalue weighted by Gasteiger charge is -2.33. The van der Waals surface area contributed by atoms with Crippen LogP contribution in [-0.2, 0) is 21.9 Å². The summed E-state index contributed by atoms with van der Waals surface area (Å²) >= 11 is 5.88. The fourth-order valence-electron chi connectivity index (χ4n) is 5.95. The average Bonchev–Trinajstić information content (AvgIpc) is 3.40. The molecule has 1 aliphatic heterocycles. The molecule has 11 heteroatoms. The molecule has 0 N–H and O–H groups in total. The van der Waals surface area contributed by atoms with Crippen LogP contribution >= 0.6 is 11.6 Å². The molecule has 3 aliphatic rings. The quantitative estimate of drug-likeness (QED) is 0.175. The highest BCUT2D eigenvalue weighted by Crippen LogP contribution is 2.52. The van der Waals surface area contributed by atoms with Crippen LogP contribution in [0.1, 0.15) is 47.2 Å². The molecule has 0 spiro atoms. The largest absolute Gasteiger partial charge is 0.416 e. The zero-order valence-electron chi connectivity index (χ0n) is 19.6. The molecule has 2 aromatic carbocycles. The molecule has 4 nitrogen and oxygen atoms in total. The smallest absolute Gasteiger partial charge is 0.294 e. The maximum absolute atomic E-state index is 13.6. The van der Waals surface area contributed by atoms with Crippen LogP contribution in [0.25, 0.3) is 0 Å². The highest BCUT2D eigenvalue weighted by molar-refractivity contribution is 6.30. The maximum Gasteiger partial charge on any atom is 0.416 e. The summed E-state index contributed by atoms with van der Waals surface area (Å²) in [4.78, 5) is 40.7. The second-order valence-corrected chi connectivity index (χ2v) is 10.3. The first-order valence-corrected chi connectivity index (χ1v) is 12.3. The number of ketones is 1. The number of rotatable bonds is 4. The fourth-order valence-corrected chi connectivity index (χ4v) is 6.08. The van der Waals surface area contributed by atoms with Gasteiger partial charge in [0.05, 0.1) is 28.7 Å². The Hall–Kier alpha value is -3.14. The number of Topliss-reactive ketones (excluding diaryl/α,β-unsaturated/α-hetero) is 1. The van der Waals surface area contributed by atoms with Crippen molar-refractivity contribution >= 4 is 34.9 Å². The van der Waals surface area contributed by atoms with Crippen molar-refractivity contribution in [3.8, 4) is 0 Å². The van der Waals surface area contributed by atoms with Gasteiger partial charge in [0.1, 0.15) is 0 Å². The summed E-state index contributed by atoms with van der Waals surface area (Å²) in [5.41, 5.74) is -2.79. The molecule has 2 fully saturated rings. The van der Waals surface area contributed by atoms with Crippen LogP contribution in [0.3, 0.4) is 0 Å². The molecular weight excluding hydrogens is 536 g/mol. The van der Waals surface area contributed by atoms with Gasteiger partial charge in [0.15, 0.2) is 5.78 Å². The van der Waals surface area contributed by atoms with Crippen LogP contribution in [0.5, 0.6) is 0 Å². The Bertz CT molecular complexity index is 1320. The van der Waals surface area contributed by atoms with Crippen molar-refractivity contribution in [3.63, 3.8) is 0 Å². The summed E-state index contributed by atoms with van der Waals surface area (Å²) in [5.74, 6) is -5.18. The van der Waals surface area contributed by atoms with E-state index < -0.39 is 58.7 Å². The van der Waals surface area contributed by atoms with Gasteiger partial charge in [-0.15, -0.1) is 0 Å². The second kappa shape index (κ2) is 9.25. The van der Waals surface area contributed by atoms with Crippen molar-refractivity contribution < 1.29 is 40.7 Å². The number of hydrogen-bond donors (Lipinski definition) is 0. The van der Waals surface area contributed by atoms with Crippen LogP contribution < -0.4 is 4.90 Å².